The Balaban J connectivity index is 1.55. The van der Waals surface area contributed by atoms with Crippen LogP contribution in [0.2, 0.25) is 0 Å². The van der Waals surface area contributed by atoms with Crippen LogP contribution >= 0.6 is 0 Å². The number of anilines is 1. The summed E-state index contributed by atoms with van der Waals surface area (Å²) >= 11 is 0. The number of nitrogens with zero attached hydrogens (tertiary/aromatic N) is 3. The summed E-state index contributed by atoms with van der Waals surface area (Å²) in [5.74, 6) is 0.166. The molecule has 0 atom stereocenters. The van der Waals surface area contributed by atoms with Crippen LogP contribution in [0.3, 0.4) is 0 Å². The Labute approximate surface area is 191 Å². The van der Waals surface area contributed by atoms with E-state index in [1.165, 1.54) is 29.8 Å². The van der Waals surface area contributed by atoms with Gasteiger partial charge in [-0.15, -0.1) is 0 Å². The van der Waals surface area contributed by atoms with E-state index in [-0.39, 0.29) is 24.5 Å². The first-order valence-corrected chi connectivity index (χ1v) is 10.8. The molecule has 0 unspecified atom stereocenters. The maximum atomic E-state index is 13.0. The minimum Gasteiger partial charge on any atom is -0.311 e. The molecule has 168 valence electrons. The SMILES string of the molecule is Cc1cc(C)c2nc(-n3nc(C)cc3NC(=O)CCC(=O)c3ccc(F)cc3)cc(C)c2c1. The Morgan fingerprint density at radius 2 is 1.67 bits per heavy atom. The van der Waals surface area contributed by atoms with Gasteiger partial charge in [0.1, 0.15) is 11.6 Å². The third-order valence-electron chi connectivity index (χ3n) is 5.50. The molecule has 4 rings (SSSR count). The lowest BCUT2D eigenvalue weighted by Gasteiger charge is -2.12. The van der Waals surface area contributed by atoms with Crippen LogP contribution in [0.15, 0.2) is 48.5 Å². The first-order chi connectivity index (χ1) is 15.7. The number of Topliss-reactive ketones (excluding diaryl/α,β-unsaturated/α-hetero) is 1. The molecule has 7 heteroatoms. The molecule has 2 heterocycles. The quantitative estimate of drug-likeness (QED) is 0.404. The van der Waals surface area contributed by atoms with Gasteiger partial charge in [-0.05, 0) is 75.2 Å². The Morgan fingerprint density at radius 1 is 0.939 bits per heavy atom. The lowest BCUT2D eigenvalue weighted by atomic mass is 10.0. The smallest absolute Gasteiger partial charge is 0.225 e. The topological polar surface area (TPSA) is 76.9 Å². The van der Waals surface area contributed by atoms with Crippen molar-refractivity contribution in [3.05, 3.63) is 82.3 Å². The summed E-state index contributed by atoms with van der Waals surface area (Å²) in [7, 11) is 0. The molecule has 33 heavy (non-hydrogen) atoms. The van der Waals surface area contributed by atoms with Crippen molar-refractivity contribution < 1.29 is 14.0 Å². The summed E-state index contributed by atoms with van der Waals surface area (Å²) in [5.41, 5.74) is 5.32. The van der Waals surface area contributed by atoms with Gasteiger partial charge < -0.3 is 5.32 Å². The summed E-state index contributed by atoms with van der Waals surface area (Å²) in [6, 6.07) is 13.2. The predicted molar refractivity (Wildman–Crippen MR) is 126 cm³/mol. The molecule has 0 fully saturated rings. The number of rotatable bonds is 6. The molecule has 2 aromatic carbocycles. The molecule has 0 spiro atoms. The summed E-state index contributed by atoms with van der Waals surface area (Å²) in [5, 5.41) is 8.45. The molecule has 0 saturated carbocycles. The molecule has 0 saturated heterocycles. The fourth-order valence-corrected chi connectivity index (χ4v) is 3.91. The molecular formula is C26H25FN4O2. The normalized spacial score (nSPS) is 11.1. The molecular weight excluding hydrogens is 419 g/mol. The Bertz CT molecular complexity index is 1370. The number of aryl methyl sites for hydroxylation is 4. The molecule has 1 amide bonds. The van der Waals surface area contributed by atoms with E-state index in [2.05, 4.69) is 29.5 Å². The second-order valence-corrected chi connectivity index (χ2v) is 8.34. The lowest BCUT2D eigenvalue weighted by molar-refractivity contribution is -0.116. The summed E-state index contributed by atoms with van der Waals surface area (Å²) < 4.78 is 14.7. The monoisotopic (exact) mass is 444 g/mol. The van der Waals surface area contributed by atoms with Crippen molar-refractivity contribution in [2.45, 2.75) is 40.5 Å². The third kappa shape index (κ3) is 4.82. The van der Waals surface area contributed by atoms with Crippen molar-refractivity contribution in [2.24, 2.45) is 0 Å². The number of amides is 1. The van der Waals surface area contributed by atoms with Crippen LogP contribution in [0.1, 0.15) is 45.6 Å². The fraction of sp³-hybridized carbons (Fsp3) is 0.231. The van der Waals surface area contributed by atoms with Crippen molar-refractivity contribution in [2.75, 3.05) is 5.32 Å². The molecule has 1 N–H and O–H groups in total. The van der Waals surface area contributed by atoms with Crippen molar-refractivity contribution in [1.82, 2.24) is 14.8 Å². The number of carbonyl (C=O) groups excluding carboxylic acids is 2. The van der Waals surface area contributed by atoms with Gasteiger partial charge in [0.05, 0.1) is 11.2 Å². The highest BCUT2D eigenvalue weighted by Gasteiger charge is 2.16. The third-order valence-corrected chi connectivity index (χ3v) is 5.50. The van der Waals surface area contributed by atoms with Crippen molar-refractivity contribution in [3.8, 4) is 5.82 Å². The summed E-state index contributed by atoms with van der Waals surface area (Å²) in [4.78, 5) is 29.7. The second-order valence-electron chi connectivity index (χ2n) is 8.34. The van der Waals surface area contributed by atoms with Crippen LogP contribution in [0.25, 0.3) is 16.7 Å². The van der Waals surface area contributed by atoms with Crippen molar-refractivity contribution >= 4 is 28.4 Å². The van der Waals surface area contributed by atoms with E-state index in [0.29, 0.717) is 17.2 Å². The number of halogens is 1. The van der Waals surface area contributed by atoms with Crippen molar-refractivity contribution in [1.29, 1.82) is 0 Å². The minimum atomic E-state index is -0.407. The number of fused-ring (bicyclic) bond motifs is 1. The van der Waals surface area contributed by atoms with Crippen LogP contribution in [0.4, 0.5) is 10.2 Å². The fourth-order valence-electron chi connectivity index (χ4n) is 3.91. The number of ketones is 1. The van der Waals surface area contributed by atoms with Crippen LogP contribution in [-0.4, -0.2) is 26.5 Å². The zero-order valence-electron chi connectivity index (χ0n) is 19.1. The Hall–Kier alpha value is -3.87. The van der Waals surface area contributed by atoms with Gasteiger partial charge in [0.2, 0.25) is 5.91 Å². The number of carbonyl (C=O) groups is 2. The van der Waals surface area contributed by atoms with E-state index in [0.717, 1.165) is 27.7 Å². The number of pyridine rings is 1. The Morgan fingerprint density at radius 3 is 2.39 bits per heavy atom. The molecule has 0 aliphatic heterocycles. The van der Waals surface area contributed by atoms with Gasteiger partial charge in [0.15, 0.2) is 11.6 Å². The van der Waals surface area contributed by atoms with E-state index < -0.39 is 5.82 Å². The van der Waals surface area contributed by atoms with E-state index in [1.807, 2.05) is 26.8 Å². The van der Waals surface area contributed by atoms with Crippen LogP contribution in [0, 0.1) is 33.5 Å². The predicted octanol–water partition coefficient (Wildman–Crippen LogP) is 5.39. The zero-order chi connectivity index (χ0) is 23.7. The van der Waals surface area contributed by atoms with Crippen LogP contribution in [0.5, 0.6) is 0 Å². The number of nitrogens with one attached hydrogen (secondary N) is 1. The maximum absolute atomic E-state index is 13.0. The molecule has 4 aromatic rings. The number of benzene rings is 2. The molecule has 0 radical (unpaired) electrons. The molecule has 0 aliphatic rings. The van der Waals surface area contributed by atoms with Crippen molar-refractivity contribution in [3.63, 3.8) is 0 Å². The van der Waals surface area contributed by atoms with Gasteiger partial charge in [-0.1, -0.05) is 11.6 Å². The van der Waals surface area contributed by atoms with Gasteiger partial charge in [0, 0.05) is 29.9 Å². The number of hydrogen-bond acceptors (Lipinski definition) is 4. The standard InChI is InChI=1S/C26H25FN4O2/c1-15-11-17(3)26-21(12-15)16(2)13-23(29-26)31-24(14-18(4)30-31)28-25(33)10-9-22(32)19-5-7-20(27)8-6-19/h5-8,11-14H,9-10H2,1-4H3,(H,28,33). The van der Waals surface area contributed by atoms with E-state index in [1.54, 1.807) is 10.7 Å². The first-order valence-electron chi connectivity index (χ1n) is 10.8. The number of hydrogen-bond donors (Lipinski definition) is 1. The van der Waals surface area contributed by atoms with E-state index >= 15 is 0 Å². The summed E-state index contributed by atoms with van der Waals surface area (Å²) in [6.07, 6.45) is 0.0272. The molecule has 0 aliphatic carbocycles. The van der Waals surface area contributed by atoms with E-state index in [4.69, 9.17) is 4.98 Å². The number of aromatic nitrogens is 3. The second kappa shape index (κ2) is 8.94. The van der Waals surface area contributed by atoms with Crippen LogP contribution in [-0.2, 0) is 4.79 Å². The molecule has 0 bridgehead atoms. The van der Waals surface area contributed by atoms with E-state index in [9.17, 15) is 14.0 Å². The summed E-state index contributed by atoms with van der Waals surface area (Å²) in [6.45, 7) is 7.96. The first kappa shape index (κ1) is 22.3. The zero-order valence-corrected chi connectivity index (χ0v) is 19.1. The highest BCUT2D eigenvalue weighted by Crippen LogP contribution is 2.26. The lowest BCUT2D eigenvalue weighted by Crippen LogP contribution is -2.16. The van der Waals surface area contributed by atoms with Crippen LogP contribution < -0.4 is 5.32 Å². The van der Waals surface area contributed by atoms with Gasteiger partial charge >= 0.3 is 0 Å². The van der Waals surface area contributed by atoms with Gasteiger partial charge in [-0.25, -0.2) is 9.37 Å². The molecule has 6 nitrogen and oxygen atoms in total. The van der Waals surface area contributed by atoms with Gasteiger partial charge in [-0.3, -0.25) is 9.59 Å². The average molecular weight is 445 g/mol. The highest BCUT2D eigenvalue weighted by atomic mass is 19.1. The minimum absolute atomic E-state index is 0.00298. The van der Waals surface area contributed by atoms with Gasteiger partial charge in [-0.2, -0.15) is 9.78 Å². The largest absolute Gasteiger partial charge is 0.311 e. The highest BCUT2D eigenvalue weighted by molar-refractivity contribution is 5.99. The maximum Gasteiger partial charge on any atom is 0.225 e. The average Bonchev–Trinajstić information content (AvgIpc) is 3.13. The van der Waals surface area contributed by atoms with Gasteiger partial charge in [0.25, 0.3) is 0 Å². The Kier molecular flexibility index (Phi) is 6.05. The molecule has 2 aromatic heterocycles.